The molecule has 1 amide bonds. The van der Waals surface area contributed by atoms with Crippen LogP contribution in [0.15, 0.2) is 26.2 Å². The quantitative estimate of drug-likeness (QED) is 0.517. The third kappa shape index (κ3) is 6.61. The first kappa shape index (κ1) is 18.2. The van der Waals surface area contributed by atoms with Gasteiger partial charge in [-0.25, -0.2) is 5.43 Å². The molecule has 0 spiro atoms. The van der Waals surface area contributed by atoms with Crippen molar-refractivity contribution in [3.63, 3.8) is 0 Å². The van der Waals surface area contributed by atoms with Gasteiger partial charge in [-0.05, 0) is 69.8 Å². The van der Waals surface area contributed by atoms with Crippen LogP contribution in [0.2, 0.25) is 0 Å². The Morgan fingerprint density at radius 2 is 2.00 bits per heavy atom. The maximum atomic E-state index is 11.4. The molecule has 0 aliphatic heterocycles. The lowest BCUT2D eigenvalue weighted by Gasteiger charge is -2.13. The van der Waals surface area contributed by atoms with Gasteiger partial charge in [0, 0.05) is 6.42 Å². The van der Waals surface area contributed by atoms with Crippen LogP contribution in [0.5, 0.6) is 5.75 Å². The maximum Gasteiger partial charge on any atom is 0.240 e. The molecule has 1 aromatic carbocycles. The molecule has 21 heavy (non-hydrogen) atoms. The van der Waals surface area contributed by atoms with Crippen LogP contribution < -0.4 is 10.2 Å². The fourth-order valence-corrected chi connectivity index (χ4v) is 2.98. The normalized spacial score (nSPS) is 11.1. The fourth-order valence-electron chi connectivity index (χ4n) is 1.57. The van der Waals surface area contributed by atoms with Crippen LogP contribution in [-0.4, -0.2) is 18.2 Å². The Hall–Kier alpha value is -0.880. The van der Waals surface area contributed by atoms with Crippen molar-refractivity contribution in [1.29, 1.82) is 0 Å². The SMILES string of the molecule is CCCCC(=O)N/N=C/c1cc(Br)c(OC(C)C)c(Br)c1. The van der Waals surface area contributed by atoms with Crippen molar-refractivity contribution in [2.24, 2.45) is 5.10 Å². The summed E-state index contributed by atoms with van der Waals surface area (Å²) in [6.45, 7) is 5.99. The second-order valence-corrected chi connectivity index (χ2v) is 6.59. The van der Waals surface area contributed by atoms with E-state index < -0.39 is 0 Å². The summed E-state index contributed by atoms with van der Waals surface area (Å²) < 4.78 is 7.38. The predicted octanol–water partition coefficient (Wildman–Crippen LogP) is 4.64. The number of rotatable bonds is 7. The van der Waals surface area contributed by atoms with Gasteiger partial charge in [0.1, 0.15) is 5.75 Å². The van der Waals surface area contributed by atoms with Crippen molar-refractivity contribution < 1.29 is 9.53 Å². The van der Waals surface area contributed by atoms with Gasteiger partial charge in [-0.2, -0.15) is 5.10 Å². The molecule has 0 atom stereocenters. The van der Waals surface area contributed by atoms with E-state index in [2.05, 4.69) is 42.4 Å². The Bertz CT molecular complexity index is 493. The molecule has 0 saturated carbocycles. The molecule has 6 heteroatoms. The summed E-state index contributed by atoms with van der Waals surface area (Å²) in [6, 6.07) is 3.79. The first-order valence-electron chi connectivity index (χ1n) is 6.91. The molecule has 1 N–H and O–H groups in total. The van der Waals surface area contributed by atoms with Crippen LogP contribution in [0.4, 0.5) is 0 Å². The van der Waals surface area contributed by atoms with Gasteiger partial charge in [0.15, 0.2) is 0 Å². The maximum absolute atomic E-state index is 11.4. The lowest BCUT2D eigenvalue weighted by Crippen LogP contribution is -2.16. The first-order chi connectivity index (χ1) is 9.93. The van der Waals surface area contributed by atoms with E-state index in [-0.39, 0.29) is 12.0 Å². The van der Waals surface area contributed by atoms with Crippen LogP contribution in [0.3, 0.4) is 0 Å². The highest BCUT2D eigenvalue weighted by atomic mass is 79.9. The van der Waals surface area contributed by atoms with E-state index in [1.165, 1.54) is 0 Å². The zero-order valence-corrected chi connectivity index (χ0v) is 15.6. The topological polar surface area (TPSA) is 50.7 Å². The van der Waals surface area contributed by atoms with E-state index in [1.54, 1.807) is 6.21 Å². The molecular formula is C15H20Br2N2O2. The van der Waals surface area contributed by atoms with Crippen molar-refractivity contribution in [2.75, 3.05) is 0 Å². The van der Waals surface area contributed by atoms with Crippen LogP contribution in [0, 0.1) is 0 Å². The Balaban J connectivity index is 2.70. The summed E-state index contributed by atoms with van der Waals surface area (Å²) >= 11 is 6.95. The van der Waals surface area contributed by atoms with Gasteiger partial charge in [0.25, 0.3) is 0 Å². The number of nitrogens with zero attached hydrogens (tertiary/aromatic N) is 1. The number of benzene rings is 1. The van der Waals surface area contributed by atoms with Gasteiger partial charge in [-0.1, -0.05) is 13.3 Å². The van der Waals surface area contributed by atoms with E-state index in [9.17, 15) is 4.79 Å². The summed E-state index contributed by atoms with van der Waals surface area (Å²) in [5, 5.41) is 3.96. The summed E-state index contributed by atoms with van der Waals surface area (Å²) in [5.41, 5.74) is 3.38. The second-order valence-electron chi connectivity index (χ2n) is 4.88. The van der Waals surface area contributed by atoms with Crippen LogP contribution in [0.25, 0.3) is 0 Å². The second kappa shape index (κ2) is 9.20. The molecule has 0 fully saturated rings. The van der Waals surface area contributed by atoms with Gasteiger partial charge in [-0.3, -0.25) is 4.79 Å². The zero-order valence-electron chi connectivity index (χ0n) is 12.5. The molecule has 116 valence electrons. The third-order valence-corrected chi connectivity index (χ3v) is 3.71. The van der Waals surface area contributed by atoms with E-state index in [1.807, 2.05) is 32.9 Å². The van der Waals surface area contributed by atoms with Crippen LogP contribution in [0.1, 0.15) is 45.6 Å². The average Bonchev–Trinajstić information content (AvgIpc) is 2.40. The zero-order chi connectivity index (χ0) is 15.8. The number of nitrogens with one attached hydrogen (secondary N) is 1. The van der Waals surface area contributed by atoms with Crippen molar-refractivity contribution in [3.05, 3.63) is 26.6 Å². The first-order valence-corrected chi connectivity index (χ1v) is 8.50. The highest BCUT2D eigenvalue weighted by molar-refractivity contribution is 9.11. The van der Waals surface area contributed by atoms with Crippen molar-refractivity contribution in [2.45, 2.75) is 46.1 Å². The number of carbonyl (C=O) groups is 1. The molecule has 1 aromatic rings. The number of hydrazone groups is 1. The van der Waals surface area contributed by atoms with Gasteiger partial charge in [-0.15, -0.1) is 0 Å². The smallest absolute Gasteiger partial charge is 0.240 e. The van der Waals surface area contributed by atoms with E-state index in [0.717, 1.165) is 33.1 Å². The monoisotopic (exact) mass is 418 g/mol. The highest BCUT2D eigenvalue weighted by Gasteiger charge is 2.10. The van der Waals surface area contributed by atoms with Gasteiger partial charge < -0.3 is 4.74 Å². The largest absolute Gasteiger partial charge is 0.489 e. The van der Waals surface area contributed by atoms with Crippen molar-refractivity contribution in [3.8, 4) is 5.75 Å². The van der Waals surface area contributed by atoms with E-state index in [0.29, 0.717) is 6.42 Å². The number of unbranched alkanes of at least 4 members (excludes halogenated alkanes) is 1. The third-order valence-electron chi connectivity index (χ3n) is 2.53. The van der Waals surface area contributed by atoms with E-state index >= 15 is 0 Å². The van der Waals surface area contributed by atoms with Crippen LogP contribution >= 0.6 is 31.9 Å². The number of hydrogen-bond donors (Lipinski definition) is 1. The summed E-state index contributed by atoms with van der Waals surface area (Å²) in [7, 11) is 0. The minimum absolute atomic E-state index is 0.0639. The standard InChI is InChI=1S/C15H20Br2N2O2/c1-4-5-6-14(20)19-18-9-11-7-12(16)15(13(17)8-11)21-10(2)3/h7-10H,4-6H2,1-3H3,(H,19,20)/b18-9+. The van der Waals surface area contributed by atoms with Gasteiger partial charge >= 0.3 is 0 Å². The van der Waals surface area contributed by atoms with Crippen LogP contribution in [-0.2, 0) is 4.79 Å². The number of amides is 1. The summed E-state index contributed by atoms with van der Waals surface area (Å²) in [5.74, 6) is 0.695. The van der Waals surface area contributed by atoms with Crippen molar-refractivity contribution >= 4 is 44.0 Å². The lowest BCUT2D eigenvalue weighted by atomic mass is 10.2. The molecule has 0 bridgehead atoms. The number of ether oxygens (including phenoxy) is 1. The minimum atomic E-state index is -0.0639. The predicted molar refractivity (Wildman–Crippen MR) is 92.9 cm³/mol. The average molecular weight is 420 g/mol. The molecule has 0 aliphatic rings. The summed E-state index contributed by atoms with van der Waals surface area (Å²) in [4.78, 5) is 11.4. The van der Waals surface area contributed by atoms with Gasteiger partial charge in [0.2, 0.25) is 5.91 Å². The Morgan fingerprint density at radius 1 is 1.38 bits per heavy atom. The Kier molecular flexibility index (Phi) is 7.96. The Morgan fingerprint density at radius 3 is 2.52 bits per heavy atom. The molecular weight excluding hydrogens is 400 g/mol. The number of hydrogen-bond acceptors (Lipinski definition) is 3. The summed E-state index contributed by atoms with van der Waals surface area (Å²) in [6.07, 6.45) is 4.07. The van der Waals surface area contributed by atoms with Gasteiger partial charge in [0.05, 0.1) is 21.3 Å². The van der Waals surface area contributed by atoms with E-state index in [4.69, 9.17) is 4.74 Å². The fraction of sp³-hybridized carbons (Fsp3) is 0.467. The molecule has 0 heterocycles. The van der Waals surface area contributed by atoms with Crippen molar-refractivity contribution in [1.82, 2.24) is 5.43 Å². The minimum Gasteiger partial charge on any atom is -0.489 e. The molecule has 0 aliphatic carbocycles. The lowest BCUT2D eigenvalue weighted by molar-refractivity contribution is -0.121. The molecule has 4 nitrogen and oxygen atoms in total. The molecule has 0 radical (unpaired) electrons. The number of halogens is 2. The molecule has 0 unspecified atom stereocenters. The Labute approximate surface area is 142 Å². The molecule has 0 aromatic heterocycles. The highest BCUT2D eigenvalue weighted by Crippen LogP contribution is 2.35. The molecule has 1 rings (SSSR count). The molecule has 0 saturated heterocycles. The number of carbonyl (C=O) groups excluding carboxylic acids is 1.